The fourth-order valence-electron chi connectivity index (χ4n) is 3.30. The summed E-state index contributed by atoms with van der Waals surface area (Å²) in [5.41, 5.74) is 11.0. The number of Topliss-reactive ketones (excluding diaryl/α,β-unsaturated/α-hetero) is 1. The van der Waals surface area contributed by atoms with Gasteiger partial charge in [0.25, 0.3) is 11.7 Å². The molecule has 0 bridgehead atoms. The summed E-state index contributed by atoms with van der Waals surface area (Å²) in [5, 5.41) is 6.96. The molecule has 7 nitrogen and oxygen atoms in total. The highest BCUT2D eigenvalue weighted by Gasteiger charge is 2.24. The maximum atomic E-state index is 13.0. The van der Waals surface area contributed by atoms with Crippen LogP contribution < -0.4 is 5.32 Å². The highest BCUT2D eigenvalue weighted by Crippen LogP contribution is 2.30. The van der Waals surface area contributed by atoms with Crippen LogP contribution in [0.4, 0.5) is 0 Å². The first-order valence-electron chi connectivity index (χ1n) is 9.72. The minimum atomic E-state index is -0.596. The van der Waals surface area contributed by atoms with E-state index in [4.69, 9.17) is 5.53 Å². The summed E-state index contributed by atoms with van der Waals surface area (Å²) in [5.74, 6) is -1.13. The van der Waals surface area contributed by atoms with Crippen LogP contribution in [-0.2, 0) is 4.79 Å². The van der Waals surface area contributed by atoms with Crippen molar-refractivity contribution in [1.29, 1.82) is 0 Å². The molecule has 1 amide bonds. The normalized spacial score (nSPS) is 10.5. The third-order valence-corrected chi connectivity index (χ3v) is 4.74. The van der Waals surface area contributed by atoms with Gasteiger partial charge in [-0.05, 0) is 30.0 Å². The molecule has 0 unspecified atom stereocenters. The summed E-state index contributed by atoms with van der Waals surface area (Å²) in [6.07, 6.45) is 3.42. The minimum Gasteiger partial charge on any atom is -0.354 e. The molecule has 0 saturated heterocycles. The molecule has 1 aromatic heterocycles. The largest absolute Gasteiger partial charge is 0.354 e. The number of carbonyl (C=O) groups is 2. The number of hydrogen-bond donors (Lipinski definition) is 2. The van der Waals surface area contributed by atoms with Crippen LogP contribution in [0, 0.1) is 0 Å². The molecule has 0 aliphatic heterocycles. The van der Waals surface area contributed by atoms with Gasteiger partial charge in [0.15, 0.2) is 0 Å². The van der Waals surface area contributed by atoms with Crippen LogP contribution in [0.1, 0.15) is 36.0 Å². The number of nitrogens with one attached hydrogen (secondary N) is 2. The van der Waals surface area contributed by atoms with Gasteiger partial charge in [-0.3, -0.25) is 9.59 Å². The van der Waals surface area contributed by atoms with E-state index in [9.17, 15) is 9.59 Å². The predicted octanol–water partition coefficient (Wildman–Crippen LogP) is 5.00. The van der Waals surface area contributed by atoms with Gasteiger partial charge >= 0.3 is 0 Å². The maximum Gasteiger partial charge on any atom is 0.292 e. The smallest absolute Gasteiger partial charge is 0.292 e. The summed E-state index contributed by atoms with van der Waals surface area (Å²) in [6, 6.07) is 17.0. The molecule has 3 rings (SSSR count). The molecule has 1 heterocycles. The Hall–Kier alpha value is -3.57. The van der Waals surface area contributed by atoms with E-state index in [2.05, 4.69) is 20.3 Å². The van der Waals surface area contributed by atoms with Gasteiger partial charge in [0.2, 0.25) is 0 Å². The number of amides is 1. The van der Waals surface area contributed by atoms with Gasteiger partial charge < -0.3 is 10.3 Å². The monoisotopic (exact) mass is 389 g/mol. The molecular weight excluding hydrogens is 366 g/mol. The third kappa shape index (κ3) is 5.03. The van der Waals surface area contributed by atoms with E-state index in [1.807, 2.05) is 54.6 Å². The fourth-order valence-corrected chi connectivity index (χ4v) is 3.30. The van der Waals surface area contributed by atoms with Crippen molar-refractivity contribution in [2.75, 3.05) is 13.1 Å². The van der Waals surface area contributed by atoms with E-state index in [1.165, 1.54) is 0 Å². The Morgan fingerprint density at radius 1 is 0.966 bits per heavy atom. The summed E-state index contributed by atoms with van der Waals surface area (Å²) in [7, 11) is 0. The molecule has 0 spiro atoms. The van der Waals surface area contributed by atoms with E-state index in [0.29, 0.717) is 24.3 Å². The second kappa shape index (κ2) is 10.1. The van der Waals surface area contributed by atoms with Crippen molar-refractivity contribution in [3.05, 3.63) is 70.6 Å². The fraction of sp³-hybridized carbons (Fsp3) is 0.273. The number of aromatic amines is 1. The molecule has 29 heavy (non-hydrogen) atoms. The van der Waals surface area contributed by atoms with Crippen LogP contribution in [-0.4, -0.2) is 29.8 Å². The number of rotatable bonds is 10. The average molecular weight is 389 g/mol. The highest BCUT2D eigenvalue weighted by molar-refractivity contribution is 6.46. The van der Waals surface area contributed by atoms with Gasteiger partial charge in [-0.2, -0.15) is 0 Å². The van der Waals surface area contributed by atoms with Crippen LogP contribution in [0.5, 0.6) is 0 Å². The lowest BCUT2D eigenvalue weighted by Crippen LogP contribution is -2.32. The van der Waals surface area contributed by atoms with Crippen LogP contribution in [0.15, 0.2) is 59.7 Å². The minimum absolute atomic E-state index is 0.402. The number of aromatic nitrogens is 1. The first-order chi connectivity index (χ1) is 14.2. The topological polar surface area (TPSA) is 111 Å². The lowest BCUT2D eigenvalue weighted by atomic mass is 10.0. The highest BCUT2D eigenvalue weighted by atomic mass is 16.2. The first kappa shape index (κ1) is 20.2. The number of hydrogen-bond acceptors (Lipinski definition) is 3. The summed E-state index contributed by atoms with van der Waals surface area (Å²) in [6.45, 7) is 0.930. The second-order valence-electron chi connectivity index (χ2n) is 6.74. The Labute approximate surface area is 168 Å². The number of nitrogens with zero attached hydrogens (tertiary/aromatic N) is 3. The van der Waals surface area contributed by atoms with Gasteiger partial charge in [-0.1, -0.05) is 66.5 Å². The molecule has 0 saturated carbocycles. The number of azide groups is 1. The molecule has 2 N–H and O–H groups in total. The molecule has 0 aliphatic carbocycles. The Balaban J connectivity index is 1.68. The van der Waals surface area contributed by atoms with Gasteiger partial charge in [0.1, 0.15) is 0 Å². The number of H-pyrrole nitrogens is 1. The van der Waals surface area contributed by atoms with Crippen LogP contribution in [0.3, 0.4) is 0 Å². The van der Waals surface area contributed by atoms with Crippen molar-refractivity contribution < 1.29 is 9.59 Å². The first-order valence-corrected chi connectivity index (χ1v) is 9.72. The van der Waals surface area contributed by atoms with Crippen LogP contribution in [0.25, 0.3) is 32.6 Å². The summed E-state index contributed by atoms with van der Waals surface area (Å²) >= 11 is 0. The maximum absolute atomic E-state index is 13.0. The van der Waals surface area contributed by atoms with Crippen molar-refractivity contribution >= 4 is 22.6 Å². The van der Waals surface area contributed by atoms with Crippen molar-refractivity contribution in [1.82, 2.24) is 10.3 Å². The third-order valence-electron chi connectivity index (χ3n) is 4.74. The summed E-state index contributed by atoms with van der Waals surface area (Å²) < 4.78 is 0. The van der Waals surface area contributed by atoms with E-state index in [0.717, 1.165) is 42.1 Å². The average Bonchev–Trinajstić information content (AvgIpc) is 3.15. The number of fused-ring (bicyclic) bond motifs is 1. The number of ketones is 1. The van der Waals surface area contributed by atoms with Crippen LogP contribution in [0.2, 0.25) is 0 Å². The zero-order valence-electron chi connectivity index (χ0n) is 16.1. The van der Waals surface area contributed by atoms with Crippen molar-refractivity contribution in [2.24, 2.45) is 5.11 Å². The van der Waals surface area contributed by atoms with Crippen molar-refractivity contribution in [3.8, 4) is 11.3 Å². The van der Waals surface area contributed by atoms with Gasteiger partial charge in [0, 0.05) is 28.9 Å². The molecular formula is C22H23N5O2. The SMILES string of the molecule is [N-]=[N+]=NCCCCCCNC(=O)C(=O)c1c(-c2ccccc2)[nH]c2ccccc12. The number of benzene rings is 2. The molecule has 0 radical (unpaired) electrons. The molecule has 0 atom stereocenters. The van der Waals surface area contributed by atoms with E-state index < -0.39 is 11.7 Å². The Kier molecular flexibility index (Phi) is 7.03. The number of para-hydroxylation sites is 1. The zero-order valence-corrected chi connectivity index (χ0v) is 16.1. The quantitative estimate of drug-likeness (QED) is 0.127. The molecule has 3 aromatic rings. The van der Waals surface area contributed by atoms with Crippen molar-refractivity contribution in [2.45, 2.75) is 25.7 Å². The Morgan fingerprint density at radius 2 is 1.69 bits per heavy atom. The lowest BCUT2D eigenvalue weighted by molar-refractivity contribution is -0.117. The van der Waals surface area contributed by atoms with Gasteiger partial charge in [-0.25, -0.2) is 0 Å². The van der Waals surface area contributed by atoms with E-state index in [1.54, 1.807) is 0 Å². The summed E-state index contributed by atoms with van der Waals surface area (Å²) in [4.78, 5) is 31.5. The van der Waals surface area contributed by atoms with Gasteiger partial charge in [0.05, 0.1) is 11.3 Å². The molecule has 0 fully saturated rings. The lowest BCUT2D eigenvalue weighted by Gasteiger charge is -2.06. The van der Waals surface area contributed by atoms with Gasteiger partial charge in [-0.15, -0.1) is 0 Å². The standard InChI is InChI=1S/C22H23N5O2/c23-27-25-15-9-2-1-8-14-24-22(29)21(28)19-17-12-6-7-13-18(17)26-20(19)16-10-4-3-5-11-16/h3-7,10-13,26H,1-2,8-9,14-15H2,(H,24,29). The Bertz CT molecular complexity index is 1040. The molecule has 148 valence electrons. The van der Waals surface area contributed by atoms with E-state index in [-0.39, 0.29) is 0 Å². The van der Waals surface area contributed by atoms with Crippen molar-refractivity contribution in [3.63, 3.8) is 0 Å². The second-order valence-corrected chi connectivity index (χ2v) is 6.74. The predicted molar refractivity (Wildman–Crippen MR) is 114 cm³/mol. The van der Waals surface area contributed by atoms with E-state index >= 15 is 0 Å². The molecule has 7 heteroatoms. The zero-order chi connectivity index (χ0) is 20.5. The molecule has 0 aliphatic rings. The number of unbranched alkanes of at least 4 members (excludes halogenated alkanes) is 3. The Morgan fingerprint density at radius 3 is 2.48 bits per heavy atom. The number of carbonyl (C=O) groups excluding carboxylic acids is 2. The molecule has 2 aromatic carbocycles. The van der Waals surface area contributed by atoms with Crippen LogP contribution >= 0.6 is 0 Å².